The topological polar surface area (TPSA) is 29.3 Å². The van der Waals surface area contributed by atoms with Gasteiger partial charge < -0.3 is 10.6 Å². The molecule has 0 unspecified atom stereocenters. The van der Waals surface area contributed by atoms with E-state index in [1.165, 1.54) is 19.3 Å². The van der Waals surface area contributed by atoms with E-state index in [0.717, 1.165) is 28.9 Å². The van der Waals surface area contributed by atoms with Crippen molar-refractivity contribution in [3.8, 4) is 0 Å². The molecule has 0 bridgehead atoms. The second-order valence-corrected chi connectivity index (χ2v) is 5.73. The number of anilines is 2. The lowest BCUT2D eigenvalue weighted by Gasteiger charge is -2.26. The summed E-state index contributed by atoms with van der Waals surface area (Å²) < 4.78 is 0. The summed E-state index contributed by atoms with van der Waals surface area (Å²) in [5.41, 5.74) is 7.62. The Kier molecular flexibility index (Phi) is 3.82. The number of benzene rings is 1. The van der Waals surface area contributed by atoms with Gasteiger partial charge in [-0.05, 0) is 43.4 Å². The van der Waals surface area contributed by atoms with Crippen LogP contribution in [0.4, 0.5) is 11.4 Å². The first kappa shape index (κ1) is 12.6. The highest BCUT2D eigenvalue weighted by Gasteiger charge is 2.30. The molecule has 17 heavy (non-hydrogen) atoms. The van der Waals surface area contributed by atoms with Gasteiger partial charge in [-0.15, -0.1) is 0 Å². The largest absolute Gasteiger partial charge is 0.399 e. The van der Waals surface area contributed by atoms with Crippen molar-refractivity contribution in [3.63, 3.8) is 0 Å². The Bertz CT molecular complexity index is 386. The van der Waals surface area contributed by atoms with Crippen LogP contribution < -0.4 is 10.6 Å². The van der Waals surface area contributed by atoms with E-state index in [9.17, 15) is 0 Å². The highest BCUT2D eigenvalue weighted by atomic mass is 35.5. The summed E-state index contributed by atoms with van der Waals surface area (Å²) >= 11 is 6.29. The zero-order chi connectivity index (χ0) is 12.4. The van der Waals surface area contributed by atoms with E-state index < -0.39 is 0 Å². The zero-order valence-corrected chi connectivity index (χ0v) is 11.4. The van der Waals surface area contributed by atoms with Crippen LogP contribution in [-0.4, -0.2) is 12.6 Å². The van der Waals surface area contributed by atoms with Gasteiger partial charge in [-0.25, -0.2) is 0 Å². The highest BCUT2D eigenvalue weighted by molar-refractivity contribution is 6.33. The van der Waals surface area contributed by atoms with Crippen LogP contribution in [0.25, 0.3) is 0 Å². The smallest absolute Gasteiger partial charge is 0.0660 e. The van der Waals surface area contributed by atoms with Crippen molar-refractivity contribution >= 4 is 23.0 Å². The number of nitrogen functional groups attached to an aromatic ring is 1. The number of hydrogen-bond acceptors (Lipinski definition) is 2. The number of hydrogen-bond donors (Lipinski definition) is 1. The monoisotopic (exact) mass is 252 g/mol. The average Bonchev–Trinajstić information content (AvgIpc) is 3.04. The molecule has 94 valence electrons. The number of nitrogens with two attached hydrogens (primary N) is 1. The maximum atomic E-state index is 6.29. The molecule has 0 radical (unpaired) electrons. The van der Waals surface area contributed by atoms with Crippen molar-refractivity contribution in [2.45, 2.75) is 39.2 Å². The maximum absolute atomic E-state index is 6.29. The molecule has 0 aliphatic heterocycles. The average molecular weight is 253 g/mol. The van der Waals surface area contributed by atoms with E-state index in [-0.39, 0.29) is 0 Å². The van der Waals surface area contributed by atoms with Gasteiger partial charge in [0.1, 0.15) is 0 Å². The molecule has 0 spiro atoms. The van der Waals surface area contributed by atoms with Crippen LogP contribution in [-0.2, 0) is 0 Å². The summed E-state index contributed by atoms with van der Waals surface area (Å²) in [6.07, 6.45) is 3.79. The maximum Gasteiger partial charge on any atom is 0.0660 e. The molecule has 2 nitrogen and oxygen atoms in total. The Labute approximate surface area is 109 Å². The van der Waals surface area contributed by atoms with Gasteiger partial charge >= 0.3 is 0 Å². The van der Waals surface area contributed by atoms with Crippen LogP contribution in [0.15, 0.2) is 18.2 Å². The van der Waals surface area contributed by atoms with Gasteiger partial charge in [-0.1, -0.05) is 25.4 Å². The van der Waals surface area contributed by atoms with Gasteiger partial charge in [0.15, 0.2) is 0 Å². The molecule has 1 aliphatic carbocycles. The van der Waals surface area contributed by atoms with Gasteiger partial charge in [-0.3, -0.25) is 0 Å². The quantitative estimate of drug-likeness (QED) is 0.805. The number of halogens is 1. The van der Waals surface area contributed by atoms with Crippen LogP contribution in [0.3, 0.4) is 0 Å². The Hall–Kier alpha value is -0.890. The van der Waals surface area contributed by atoms with Crippen molar-refractivity contribution in [1.82, 2.24) is 0 Å². The van der Waals surface area contributed by atoms with E-state index in [1.54, 1.807) is 0 Å². The summed E-state index contributed by atoms with van der Waals surface area (Å²) in [6, 6.07) is 6.53. The minimum Gasteiger partial charge on any atom is -0.399 e. The molecule has 1 aromatic rings. The Morgan fingerprint density at radius 1 is 1.41 bits per heavy atom. The van der Waals surface area contributed by atoms with Crippen molar-refractivity contribution < 1.29 is 0 Å². The molecule has 0 atom stereocenters. The molecule has 1 aliphatic rings. The van der Waals surface area contributed by atoms with Crippen LogP contribution >= 0.6 is 11.6 Å². The van der Waals surface area contributed by atoms with E-state index in [4.69, 9.17) is 17.3 Å². The van der Waals surface area contributed by atoms with Gasteiger partial charge in [0.05, 0.1) is 10.7 Å². The van der Waals surface area contributed by atoms with E-state index in [0.29, 0.717) is 6.04 Å². The molecule has 0 heterocycles. The van der Waals surface area contributed by atoms with E-state index in [1.807, 2.05) is 12.1 Å². The van der Waals surface area contributed by atoms with Crippen LogP contribution in [0.2, 0.25) is 5.02 Å². The third-order valence-electron chi connectivity index (χ3n) is 3.22. The van der Waals surface area contributed by atoms with Crippen LogP contribution in [0, 0.1) is 5.92 Å². The van der Waals surface area contributed by atoms with Crippen LogP contribution in [0.5, 0.6) is 0 Å². The van der Waals surface area contributed by atoms with Crippen LogP contribution in [0.1, 0.15) is 33.1 Å². The molecule has 1 saturated carbocycles. The molecule has 0 aromatic heterocycles. The van der Waals surface area contributed by atoms with Crippen molar-refractivity contribution in [2.75, 3.05) is 17.2 Å². The second-order valence-electron chi connectivity index (χ2n) is 5.32. The lowest BCUT2D eigenvalue weighted by Crippen LogP contribution is -2.28. The molecule has 2 rings (SSSR count). The predicted molar refractivity (Wildman–Crippen MR) is 75.7 cm³/mol. The summed E-state index contributed by atoms with van der Waals surface area (Å²) in [7, 11) is 0. The predicted octanol–water partition coefficient (Wildman–Crippen LogP) is 3.94. The summed E-state index contributed by atoms with van der Waals surface area (Å²) in [5.74, 6) is 0.726. The van der Waals surface area contributed by atoms with Gasteiger partial charge in [0.25, 0.3) is 0 Å². The Morgan fingerprint density at radius 2 is 2.12 bits per heavy atom. The Balaban J connectivity index is 2.14. The van der Waals surface area contributed by atoms with Gasteiger partial charge in [0.2, 0.25) is 0 Å². The Morgan fingerprint density at radius 3 is 2.65 bits per heavy atom. The summed E-state index contributed by atoms with van der Waals surface area (Å²) in [5, 5.41) is 0.778. The normalized spacial score (nSPS) is 15.3. The number of rotatable bonds is 5. The standard InChI is InChI=1S/C14H21ClN2/c1-10(2)7-8-17(12-4-5-12)14-6-3-11(16)9-13(14)15/h3,6,9-10,12H,4-5,7-8,16H2,1-2H3. The van der Waals surface area contributed by atoms with Crippen molar-refractivity contribution in [2.24, 2.45) is 5.92 Å². The fourth-order valence-corrected chi connectivity index (χ4v) is 2.34. The third-order valence-corrected chi connectivity index (χ3v) is 3.52. The zero-order valence-electron chi connectivity index (χ0n) is 10.6. The molecule has 0 amide bonds. The molecular weight excluding hydrogens is 232 g/mol. The molecule has 1 fully saturated rings. The van der Waals surface area contributed by atoms with E-state index >= 15 is 0 Å². The molecular formula is C14H21ClN2. The second kappa shape index (κ2) is 5.18. The van der Waals surface area contributed by atoms with Gasteiger partial charge in [-0.2, -0.15) is 0 Å². The van der Waals surface area contributed by atoms with Crippen molar-refractivity contribution in [1.29, 1.82) is 0 Å². The first-order chi connectivity index (χ1) is 8.08. The molecule has 1 aromatic carbocycles. The molecule has 3 heteroatoms. The number of nitrogens with zero attached hydrogens (tertiary/aromatic N) is 1. The lowest BCUT2D eigenvalue weighted by molar-refractivity contribution is 0.571. The van der Waals surface area contributed by atoms with E-state index in [2.05, 4.69) is 24.8 Å². The third kappa shape index (κ3) is 3.29. The first-order valence-electron chi connectivity index (χ1n) is 6.39. The molecule has 0 saturated heterocycles. The molecule has 2 N–H and O–H groups in total. The fourth-order valence-electron chi connectivity index (χ4n) is 2.04. The lowest BCUT2D eigenvalue weighted by atomic mass is 10.1. The first-order valence-corrected chi connectivity index (χ1v) is 6.77. The highest BCUT2D eigenvalue weighted by Crippen LogP contribution is 2.36. The summed E-state index contributed by atoms with van der Waals surface area (Å²) in [4.78, 5) is 2.45. The van der Waals surface area contributed by atoms with Crippen molar-refractivity contribution in [3.05, 3.63) is 23.2 Å². The minimum absolute atomic E-state index is 0.690. The van der Waals surface area contributed by atoms with Gasteiger partial charge in [0, 0.05) is 18.3 Å². The fraction of sp³-hybridized carbons (Fsp3) is 0.571. The summed E-state index contributed by atoms with van der Waals surface area (Å²) in [6.45, 7) is 5.61. The SMILES string of the molecule is CC(C)CCN(c1ccc(N)cc1Cl)C1CC1. The minimum atomic E-state index is 0.690.